The van der Waals surface area contributed by atoms with Crippen molar-refractivity contribution in [1.29, 1.82) is 0 Å². The van der Waals surface area contributed by atoms with E-state index in [1.54, 1.807) is 47.6 Å². The molecule has 0 radical (unpaired) electrons. The molecule has 30 heteroatoms. The van der Waals surface area contributed by atoms with Gasteiger partial charge in [0.2, 0.25) is 17.2 Å². The molecule has 0 bridgehead atoms. The number of methoxy groups -OCH3 is 3. The molecule has 0 spiro atoms. The van der Waals surface area contributed by atoms with Crippen molar-refractivity contribution in [2.24, 2.45) is 32.9 Å². The second-order valence-corrected chi connectivity index (χ2v) is 24.5. The number of carbonyl (C=O) groups is 8. The average molecular weight is 1320 g/mol. The highest BCUT2D eigenvalue weighted by Gasteiger charge is 2.31. The predicted molar refractivity (Wildman–Crippen MR) is 353 cm³/mol. The van der Waals surface area contributed by atoms with Crippen LogP contribution < -0.4 is 74.5 Å². The highest BCUT2D eigenvalue weighted by Crippen LogP contribution is 2.42. The summed E-state index contributed by atoms with van der Waals surface area (Å²) in [5, 5.41) is 27.9. The molecule has 1 heterocycles. The first kappa shape index (κ1) is 78.7. The van der Waals surface area contributed by atoms with Crippen molar-refractivity contribution in [3.05, 3.63) is 56.8 Å². The van der Waals surface area contributed by atoms with Gasteiger partial charge in [-0.05, 0) is 146 Å². The fourth-order valence-corrected chi connectivity index (χ4v) is 9.25. The Morgan fingerprint density at radius 2 is 0.968 bits per heavy atom. The van der Waals surface area contributed by atoms with E-state index in [1.807, 2.05) is 33.8 Å². The first-order valence-corrected chi connectivity index (χ1v) is 31.0. The normalized spacial score (nSPS) is 12.4. The number of benzene rings is 2. The van der Waals surface area contributed by atoms with Crippen LogP contribution in [-0.2, 0) is 60.6 Å². The number of allylic oxidation sites excluding steroid dienone is 4. The molecule has 6 amide bonds. The number of alkyl carbamates (subject to hydrolysis) is 2. The van der Waals surface area contributed by atoms with Crippen molar-refractivity contribution < 1.29 is 81.0 Å². The number of phenols is 1. The van der Waals surface area contributed by atoms with Gasteiger partial charge in [-0.25, -0.2) is 19.2 Å². The second-order valence-electron chi connectivity index (χ2n) is 24.5. The molecule has 3 rings (SSSR count). The number of nitrogens with two attached hydrogens (primary N) is 4. The van der Waals surface area contributed by atoms with Gasteiger partial charge in [0.25, 0.3) is 11.8 Å². The van der Waals surface area contributed by atoms with Crippen molar-refractivity contribution in [3.63, 3.8) is 0 Å². The minimum absolute atomic E-state index is 0.000321. The number of unbranched alkanes of at least 4 members (excludes halogenated alkanes) is 2. The lowest BCUT2D eigenvalue weighted by atomic mass is 9.98. The maximum atomic E-state index is 15.0. The summed E-state index contributed by atoms with van der Waals surface area (Å²) in [7, 11) is 3.66. The Morgan fingerprint density at radius 1 is 0.564 bits per heavy atom. The molecular weight excluding hydrogens is 1220 g/mol. The summed E-state index contributed by atoms with van der Waals surface area (Å²) < 4.78 is 45.1. The van der Waals surface area contributed by atoms with Gasteiger partial charge in [0, 0.05) is 49.4 Å². The maximum absolute atomic E-state index is 15.0. The van der Waals surface area contributed by atoms with Crippen molar-refractivity contribution >= 4 is 81.6 Å². The fourth-order valence-electron chi connectivity index (χ4n) is 9.25. The summed E-state index contributed by atoms with van der Waals surface area (Å²) in [6.45, 7) is 16.9. The number of fused-ring (bicyclic) bond motifs is 2. The molecule has 0 aliphatic carbocycles. The van der Waals surface area contributed by atoms with Crippen LogP contribution in [0.3, 0.4) is 0 Å². The van der Waals surface area contributed by atoms with Crippen molar-refractivity contribution in [2.75, 3.05) is 60.7 Å². The first-order valence-electron chi connectivity index (χ1n) is 31.0. The number of ether oxygens (including phenoxy) is 7. The molecule has 0 fully saturated rings. The number of phenolic OH excluding ortho intramolecular Hbond substituents is 1. The van der Waals surface area contributed by atoms with E-state index in [4.69, 9.17) is 60.5 Å². The number of amides is 6. The topological polar surface area (TPSA) is 453 Å². The monoisotopic (exact) mass is 1320 g/mol. The molecule has 522 valence electrons. The Morgan fingerprint density at radius 3 is 1.37 bits per heavy atom. The van der Waals surface area contributed by atoms with Crippen LogP contribution in [0.4, 0.5) is 9.59 Å². The maximum Gasteiger partial charge on any atom is 0.407 e. The number of carbonyl (C=O) groups excluding carboxylic acids is 8. The standard InChI is InChI=1S/C64H98N12O18/c1-36(2)24-26-38-44(90-34-48(77)73-40(20-14-16-28-71-61(85)93-63(5,6)7)55(81)75-42(57(83)88-12)22-18-30-69-59(65)66)32-46-51(52(38)79)53(80)50-39(27-25-37(3)4)54(87-11)47(33-45(50)92-46)91-35-49(78)74-41(21-15-17-29-72-62(86)94-64(8,9)10)56(82)76-43(58(84)89-13)23-19-31-70-60(67)68/h24-25,32-33,40-43,79H,14-23,26-31,34-35H2,1-13H3,(H,71,85)(H,72,86)(H,73,77)(H,74,78)(H,75,81)(H,76,82)(H4,65,66,69)(H4,67,68,70). The van der Waals surface area contributed by atoms with Crippen molar-refractivity contribution in [3.8, 4) is 23.0 Å². The van der Waals surface area contributed by atoms with Crippen LogP contribution in [-0.4, -0.2) is 161 Å². The van der Waals surface area contributed by atoms with Crippen LogP contribution in [0.25, 0.3) is 21.9 Å². The van der Waals surface area contributed by atoms with E-state index in [0.29, 0.717) is 25.7 Å². The molecule has 94 heavy (non-hydrogen) atoms. The average Bonchev–Trinajstić information content (AvgIpc) is 0.737. The molecule has 30 nitrogen and oxygen atoms in total. The van der Waals surface area contributed by atoms with Gasteiger partial charge in [0.1, 0.15) is 63.4 Å². The highest BCUT2D eigenvalue weighted by atomic mass is 16.6. The molecule has 2 aromatic carbocycles. The van der Waals surface area contributed by atoms with Gasteiger partial charge in [-0.3, -0.25) is 34.0 Å². The van der Waals surface area contributed by atoms with E-state index in [0.717, 1.165) is 25.4 Å². The first-order chi connectivity index (χ1) is 44.2. The number of nitrogens with one attached hydrogen (secondary N) is 6. The van der Waals surface area contributed by atoms with E-state index in [9.17, 15) is 43.5 Å². The number of rotatable bonds is 37. The Kier molecular flexibility index (Phi) is 32.2. The number of esters is 2. The third kappa shape index (κ3) is 27.8. The van der Waals surface area contributed by atoms with E-state index < -0.39 is 108 Å². The SMILES string of the molecule is COC(=O)C(CCCN=C(N)N)NC(=O)C(CCCCNC(=O)OC(C)(C)C)NC(=O)COc1cc2oc3cc(OCC(=O)NC(CCCCNC(=O)OC(C)(C)C)C(=O)NC(CCCN=C(N)N)C(=O)OC)c(OC)c(CC=C(C)C)c3c(=O)c2c(O)c1CC=C(C)C. The molecule has 15 N–H and O–H groups in total. The summed E-state index contributed by atoms with van der Waals surface area (Å²) in [4.78, 5) is 129. The van der Waals surface area contributed by atoms with Gasteiger partial charge in [-0.15, -0.1) is 0 Å². The number of guanidine groups is 2. The van der Waals surface area contributed by atoms with Gasteiger partial charge in [-0.1, -0.05) is 23.3 Å². The van der Waals surface area contributed by atoms with E-state index >= 15 is 4.79 Å². The van der Waals surface area contributed by atoms with Crippen LogP contribution in [0.15, 0.2) is 54.6 Å². The van der Waals surface area contributed by atoms with Gasteiger partial charge in [-0.2, -0.15) is 0 Å². The van der Waals surface area contributed by atoms with Gasteiger partial charge in [0.05, 0.1) is 26.7 Å². The number of aliphatic imine (C=N–C) groups is 2. The minimum Gasteiger partial charge on any atom is -0.507 e. The van der Waals surface area contributed by atoms with Crippen LogP contribution in [0.5, 0.6) is 23.0 Å². The molecule has 0 saturated carbocycles. The molecule has 4 atom stereocenters. The van der Waals surface area contributed by atoms with E-state index in [-0.39, 0.29) is 140 Å². The van der Waals surface area contributed by atoms with Crippen LogP contribution in [0.2, 0.25) is 0 Å². The van der Waals surface area contributed by atoms with Crippen LogP contribution >= 0.6 is 0 Å². The van der Waals surface area contributed by atoms with Gasteiger partial charge < -0.3 is 97.5 Å². The molecular formula is C64H98N12O18. The molecule has 0 aliphatic rings. The number of aromatic hydroxyl groups is 1. The molecule has 4 unspecified atom stereocenters. The van der Waals surface area contributed by atoms with Gasteiger partial charge in [0.15, 0.2) is 36.6 Å². The van der Waals surface area contributed by atoms with Crippen molar-refractivity contribution in [1.82, 2.24) is 31.9 Å². The summed E-state index contributed by atoms with van der Waals surface area (Å²) in [6, 6.07) is -2.12. The quantitative estimate of drug-likeness (QED) is 0.00732. The van der Waals surface area contributed by atoms with Gasteiger partial charge >= 0.3 is 24.1 Å². The zero-order valence-corrected chi connectivity index (χ0v) is 56.4. The zero-order chi connectivity index (χ0) is 70.5. The van der Waals surface area contributed by atoms with E-state index in [2.05, 4.69) is 41.9 Å². The number of hydrogen-bond donors (Lipinski definition) is 11. The molecule has 0 aliphatic heterocycles. The summed E-state index contributed by atoms with van der Waals surface area (Å²) >= 11 is 0. The smallest absolute Gasteiger partial charge is 0.407 e. The fraction of sp³-hybridized carbons (Fsp3) is 0.578. The summed E-state index contributed by atoms with van der Waals surface area (Å²) in [6.07, 6.45) is 4.53. The number of nitrogens with zero attached hydrogens (tertiary/aromatic N) is 2. The van der Waals surface area contributed by atoms with Crippen molar-refractivity contribution in [2.45, 2.75) is 182 Å². The van der Waals surface area contributed by atoms with Crippen LogP contribution in [0.1, 0.15) is 145 Å². The molecule has 0 saturated heterocycles. The molecule has 3 aromatic rings. The summed E-state index contributed by atoms with van der Waals surface area (Å²) in [5.41, 5.74) is 21.5. The third-order valence-electron chi connectivity index (χ3n) is 13.6. The molecule has 1 aromatic heterocycles. The lowest BCUT2D eigenvalue weighted by Gasteiger charge is -2.23. The Balaban J connectivity index is 2.10. The Bertz CT molecular complexity index is 3290. The lowest BCUT2D eigenvalue weighted by molar-refractivity contribution is -0.146. The Hall–Kier alpha value is -9.51. The predicted octanol–water partition coefficient (Wildman–Crippen LogP) is 4.22. The third-order valence-corrected chi connectivity index (χ3v) is 13.6. The summed E-state index contributed by atoms with van der Waals surface area (Å²) in [5.74, 6) is -5.49. The Labute approximate surface area is 547 Å². The minimum atomic E-state index is -1.25. The highest BCUT2D eigenvalue weighted by molar-refractivity contribution is 5.98. The largest absolute Gasteiger partial charge is 0.507 e. The van der Waals surface area contributed by atoms with Crippen LogP contribution in [0, 0.1) is 0 Å². The lowest BCUT2D eigenvalue weighted by Crippen LogP contribution is -2.52. The zero-order valence-electron chi connectivity index (χ0n) is 56.4. The second kappa shape index (κ2) is 38.5. The van der Waals surface area contributed by atoms with E-state index in [1.165, 1.54) is 19.2 Å². The number of hydrogen-bond acceptors (Lipinski definition) is 20.